The van der Waals surface area contributed by atoms with E-state index in [9.17, 15) is 9.59 Å². The van der Waals surface area contributed by atoms with Gasteiger partial charge in [0, 0.05) is 17.3 Å². The van der Waals surface area contributed by atoms with E-state index in [1.54, 1.807) is 12.3 Å². The molecule has 0 saturated carbocycles. The zero-order valence-corrected chi connectivity index (χ0v) is 13.1. The Morgan fingerprint density at radius 2 is 2.27 bits per heavy atom. The highest BCUT2D eigenvalue weighted by atomic mass is 16.5. The number of hydrogen-bond acceptors (Lipinski definition) is 5. The van der Waals surface area contributed by atoms with E-state index in [4.69, 9.17) is 10.5 Å². The van der Waals surface area contributed by atoms with Crippen LogP contribution in [0.2, 0.25) is 0 Å². The molecule has 0 bridgehead atoms. The number of ether oxygens (including phenoxy) is 1. The molecule has 1 unspecified atom stereocenters. The molecule has 0 aliphatic carbocycles. The van der Waals surface area contributed by atoms with Gasteiger partial charge in [0.25, 0.3) is 5.91 Å². The van der Waals surface area contributed by atoms with Gasteiger partial charge in [-0.1, -0.05) is 13.8 Å². The molecular formula is C16H23N3O3. The van der Waals surface area contributed by atoms with Crippen molar-refractivity contribution in [1.82, 2.24) is 10.3 Å². The van der Waals surface area contributed by atoms with Gasteiger partial charge >= 0.3 is 0 Å². The van der Waals surface area contributed by atoms with Crippen molar-refractivity contribution >= 4 is 11.7 Å². The highest BCUT2D eigenvalue weighted by molar-refractivity contribution is 6.01. The number of carbonyl (C=O) groups excluding carboxylic acids is 2. The zero-order valence-electron chi connectivity index (χ0n) is 13.1. The summed E-state index contributed by atoms with van der Waals surface area (Å²) in [5.41, 5.74) is 6.51. The van der Waals surface area contributed by atoms with Gasteiger partial charge in [0.15, 0.2) is 12.4 Å². The maximum absolute atomic E-state index is 12.7. The Kier molecular flexibility index (Phi) is 5.49. The largest absolute Gasteiger partial charge is 0.467 e. The summed E-state index contributed by atoms with van der Waals surface area (Å²) in [7, 11) is 0. The summed E-state index contributed by atoms with van der Waals surface area (Å²) in [4.78, 5) is 27.8. The summed E-state index contributed by atoms with van der Waals surface area (Å²) in [5, 5.41) is 3.22. The van der Waals surface area contributed by atoms with Gasteiger partial charge in [0.05, 0.1) is 6.04 Å². The van der Waals surface area contributed by atoms with Crippen LogP contribution in [0, 0.1) is 5.92 Å². The van der Waals surface area contributed by atoms with Crippen molar-refractivity contribution in [3.05, 3.63) is 23.4 Å². The Bertz CT molecular complexity index is 552. The van der Waals surface area contributed by atoms with Crippen molar-refractivity contribution in [3.63, 3.8) is 0 Å². The minimum atomic E-state index is -0.563. The van der Waals surface area contributed by atoms with Crippen LogP contribution in [0.3, 0.4) is 0 Å². The molecule has 1 aliphatic rings. The van der Waals surface area contributed by atoms with Gasteiger partial charge in [-0.3, -0.25) is 9.59 Å². The number of nitrogens with one attached hydrogen (secondary N) is 1. The Morgan fingerprint density at radius 3 is 2.86 bits per heavy atom. The first-order chi connectivity index (χ1) is 10.5. The molecule has 6 nitrogen and oxygen atoms in total. The van der Waals surface area contributed by atoms with E-state index in [2.05, 4.69) is 24.1 Å². The van der Waals surface area contributed by atoms with E-state index in [0.29, 0.717) is 23.8 Å². The number of hydrogen-bond donors (Lipinski definition) is 2. The molecule has 0 aromatic carbocycles. The monoisotopic (exact) mass is 305 g/mol. The molecular weight excluding hydrogens is 282 g/mol. The topological polar surface area (TPSA) is 94.3 Å². The van der Waals surface area contributed by atoms with Crippen LogP contribution in [0.4, 0.5) is 0 Å². The number of carbonyl (C=O) groups is 2. The molecule has 6 heteroatoms. The fourth-order valence-corrected chi connectivity index (χ4v) is 2.67. The summed E-state index contributed by atoms with van der Waals surface area (Å²) >= 11 is 0. The van der Waals surface area contributed by atoms with Crippen molar-refractivity contribution in [3.8, 4) is 5.88 Å². The van der Waals surface area contributed by atoms with Gasteiger partial charge in [0.1, 0.15) is 0 Å². The van der Waals surface area contributed by atoms with Crippen LogP contribution in [0.1, 0.15) is 42.6 Å². The van der Waals surface area contributed by atoms with Crippen molar-refractivity contribution in [2.75, 3.05) is 13.2 Å². The lowest BCUT2D eigenvalue weighted by Gasteiger charge is -2.17. The van der Waals surface area contributed by atoms with Crippen LogP contribution in [0.25, 0.3) is 0 Å². The number of ketones is 1. The van der Waals surface area contributed by atoms with E-state index in [1.165, 1.54) is 0 Å². The number of rotatable bonds is 7. The Hall–Kier alpha value is -1.95. The van der Waals surface area contributed by atoms with Crippen LogP contribution in [0.5, 0.6) is 5.88 Å². The molecule has 1 atom stereocenters. The predicted molar refractivity (Wildman–Crippen MR) is 82.8 cm³/mol. The predicted octanol–water partition coefficient (Wildman–Crippen LogP) is 1.08. The summed E-state index contributed by atoms with van der Waals surface area (Å²) in [5.74, 6) is 0.172. The average molecular weight is 305 g/mol. The molecule has 1 amide bonds. The highest BCUT2D eigenvalue weighted by Crippen LogP contribution is 2.25. The second-order valence-corrected chi connectivity index (χ2v) is 6.01. The molecule has 3 N–H and O–H groups in total. The van der Waals surface area contributed by atoms with Crippen LogP contribution in [-0.4, -0.2) is 35.9 Å². The van der Waals surface area contributed by atoms with Crippen molar-refractivity contribution in [1.29, 1.82) is 0 Å². The maximum atomic E-state index is 12.7. The summed E-state index contributed by atoms with van der Waals surface area (Å²) in [6.45, 7) is 4.75. The molecule has 1 aromatic heterocycles. The molecule has 0 radical (unpaired) electrons. The summed E-state index contributed by atoms with van der Waals surface area (Å²) < 4.78 is 5.39. The third-order valence-electron chi connectivity index (χ3n) is 3.62. The van der Waals surface area contributed by atoms with E-state index in [0.717, 1.165) is 24.9 Å². The number of nitrogens with two attached hydrogens (primary N) is 1. The van der Waals surface area contributed by atoms with Gasteiger partial charge in [-0.25, -0.2) is 4.98 Å². The van der Waals surface area contributed by atoms with E-state index in [-0.39, 0.29) is 18.4 Å². The highest BCUT2D eigenvalue weighted by Gasteiger charge is 2.27. The standard InChI is InChI=1S/C16H23N3O3/c1-10(2)8-12-11(15(21)13-4-3-6-18-13)5-7-19-16(12)22-9-14(17)20/h5,7,10,13,18H,3-4,6,8-9H2,1-2H3,(H2,17,20). The maximum Gasteiger partial charge on any atom is 0.255 e. The van der Waals surface area contributed by atoms with Crippen molar-refractivity contribution < 1.29 is 14.3 Å². The SMILES string of the molecule is CC(C)Cc1c(C(=O)C2CCCN2)ccnc1OCC(N)=O. The zero-order chi connectivity index (χ0) is 16.1. The number of aromatic nitrogens is 1. The van der Waals surface area contributed by atoms with Crippen molar-refractivity contribution in [2.24, 2.45) is 11.7 Å². The van der Waals surface area contributed by atoms with E-state index >= 15 is 0 Å². The fraction of sp³-hybridized carbons (Fsp3) is 0.562. The van der Waals surface area contributed by atoms with Crippen LogP contribution in [-0.2, 0) is 11.2 Å². The molecule has 0 spiro atoms. The second-order valence-electron chi connectivity index (χ2n) is 6.01. The van der Waals surface area contributed by atoms with Crippen LogP contribution >= 0.6 is 0 Å². The van der Waals surface area contributed by atoms with E-state index in [1.807, 2.05) is 0 Å². The number of pyridine rings is 1. The van der Waals surface area contributed by atoms with E-state index < -0.39 is 5.91 Å². The van der Waals surface area contributed by atoms with Gasteiger partial charge < -0.3 is 15.8 Å². The third-order valence-corrected chi connectivity index (χ3v) is 3.62. The first-order valence-corrected chi connectivity index (χ1v) is 7.65. The number of nitrogens with zero attached hydrogens (tertiary/aromatic N) is 1. The minimum Gasteiger partial charge on any atom is -0.467 e. The van der Waals surface area contributed by atoms with Crippen molar-refractivity contribution in [2.45, 2.75) is 39.2 Å². The minimum absolute atomic E-state index is 0.0690. The molecule has 1 aliphatic heterocycles. The molecule has 1 aromatic rings. The lowest BCUT2D eigenvalue weighted by atomic mass is 9.94. The molecule has 120 valence electrons. The third kappa shape index (κ3) is 4.04. The molecule has 2 heterocycles. The second kappa shape index (κ2) is 7.35. The van der Waals surface area contributed by atoms with Crippen LogP contribution in [0.15, 0.2) is 12.3 Å². The Morgan fingerprint density at radius 1 is 1.50 bits per heavy atom. The number of amides is 1. The normalized spacial score (nSPS) is 17.7. The first-order valence-electron chi connectivity index (χ1n) is 7.65. The lowest BCUT2D eigenvalue weighted by Crippen LogP contribution is -2.31. The summed E-state index contributed by atoms with van der Waals surface area (Å²) in [6, 6.07) is 1.59. The number of primary amides is 1. The molecule has 1 fully saturated rings. The van der Waals surface area contributed by atoms with Crippen LogP contribution < -0.4 is 15.8 Å². The molecule has 1 saturated heterocycles. The molecule has 22 heavy (non-hydrogen) atoms. The lowest BCUT2D eigenvalue weighted by molar-refractivity contribution is -0.120. The smallest absolute Gasteiger partial charge is 0.255 e. The summed E-state index contributed by atoms with van der Waals surface area (Å²) in [6.07, 6.45) is 4.06. The van der Waals surface area contributed by atoms with Gasteiger partial charge in [0.2, 0.25) is 5.88 Å². The fourth-order valence-electron chi connectivity index (χ4n) is 2.67. The Labute approximate surface area is 130 Å². The number of Topliss-reactive ketones (excluding diaryl/α,β-unsaturated/α-hetero) is 1. The average Bonchev–Trinajstić information content (AvgIpc) is 2.98. The van der Waals surface area contributed by atoms with Gasteiger partial charge in [-0.2, -0.15) is 0 Å². The Balaban J connectivity index is 2.32. The quantitative estimate of drug-likeness (QED) is 0.735. The molecule has 2 rings (SSSR count). The first kappa shape index (κ1) is 16.4. The van der Waals surface area contributed by atoms with Gasteiger partial charge in [-0.15, -0.1) is 0 Å². The van der Waals surface area contributed by atoms with Gasteiger partial charge in [-0.05, 0) is 37.8 Å².